The van der Waals surface area contributed by atoms with E-state index < -0.39 is 5.60 Å². The first-order valence-corrected chi connectivity index (χ1v) is 7.14. The minimum atomic E-state index is -0.809. The van der Waals surface area contributed by atoms with Crippen molar-refractivity contribution in [1.82, 2.24) is 10.2 Å². The van der Waals surface area contributed by atoms with Gasteiger partial charge >= 0.3 is 0 Å². The maximum absolute atomic E-state index is 12.1. The zero-order valence-corrected chi connectivity index (χ0v) is 12.9. The standard InChI is InChI=1S/C16H26N2O2/c1-5-16(20,6-2)12-17-15(19)14-9-7-8-13(10-14)11-18(3)4/h7-10,20H,5-6,11-12H2,1-4H3,(H,17,19). The van der Waals surface area contributed by atoms with Gasteiger partial charge in [-0.25, -0.2) is 0 Å². The quantitative estimate of drug-likeness (QED) is 0.802. The van der Waals surface area contributed by atoms with Crippen LogP contribution >= 0.6 is 0 Å². The summed E-state index contributed by atoms with van der Waals surface area (Å²) in [6.45, 7) is 4.94. The molecule has 1 aromatic rings. The van der Waals surface area contributed by atoms with Gasteiger partial charge in [0, 0.05) is 18.7 Å². The van der Waals surface area contributed by atoms with Gasteiger partial charge in [0.05, 0.1) is 5.60 Å². The van der Waals surface area contributed by atoms with Crippen LogP contribution in [0.3, 0.4) is 0 Å². The number of rotatable bonds is 7. The van der Waals surface area contributed by atoms with Gasteiger partial charge in [0.1, 0.15) is 0 Å². The Hall–Kier alpha value is -1.39. The monoisotopic (exact) mass is 278 g/mol. The third-order valence-electron chi connectivity index (χ3n) is 3.58. The molecular weight excluding hydrogens is 252 g/mol. The van der Waals surface area contributed by atoms with Gasteiger partial charge < -0.3 is 15.3 Å². The van der Waals surface area contributed by atoms with Gasteiger partial charge in [-0.1, -0.05) is 26.0 Å². The fourth-order valence-electron chi connectivity index (χ4n) is 2.02. The van der Waals surface area contributed by atoms with Gasteiger partial charge in [0.15, 0.2) is 0 Å². The van der Waals surface area contributed by atoms with Crippen LogP contribution in [0.5, 0.6) is 0 Å². The highest BCUT2D eigenvalue weighted by Crippen LogP contribution is 2.13. The van der Waals surface area contributed by atoms with Crippen LogP contribution in [0.1, 0.15) is 42.6 Å². The molecule has 0 heterocycles. The Balaban J connectivity index is 2.68. The van der Waals surface area contributed by atoms with E-state index in [9.17, 15) is 9.90 Å². The Morgan fingerprint density at radius 2 is 1.95 bits per heavy atom. The van der Waals surface area contributed by atoms with E-state index in [0.29, 0.717) is 18.4 Å². The van der Waals surface area contributed by atoms with Gasteiger partial charge in [-0.15, -0.1) is 0 Å². The smallest absolute Gasteiger partial charge is 0.251 e. The largest absolute Gasteiger partial charge is 0.388 e. The van der Waals surface area contributed by atoms with Crippen molar-refractivity contribution in [1.29, 1.82) is 0 Å². The van der Waals surface area contributed by atoms with Crippen molar-refractivity contribution in [2.75, 3.05) is 20.6 Å². The maximum atomic E-state index is 12.1. The molecule has 0 atom stereocenters. The number of nitrogens with zero attached hydrogens (tertiary/aromatic N) is 1. The number of carbonyl (C=O) groups excluding carboxylic acids is 1. The maximum Gasteiger partial charge on any atom is 0.251 e. The molecule has 1 amide bonds. The van der Waals surface area contributed by atoms with Gasteiger partial charge in [0.2, 0.25) is 0 Å². The lowest BCUT2D eigenvalue weighted by molar-refractivity contribution is 0.0314. The van der Waals surface area contributed by atoms with Gasteiger partial charge in [-0.3, -0.25) is 4.79 Å². The number of aliphatic hydroxyl groups is 1. The molecule has 1 rings (SSSR count). The molecule has 0 aliphatic rings. The minimum Gasteiger partial charge on any atom is -0.388 e. The van der Waals surface area contributed by atoms with Gasteiger partial charge in [0.25, 0.3) is 5.91 Å². The van der Waals surface area contributed by atoms with E-state index in [2.05, 4.69) is 10.2 Å². The van der Waals surface area contributed by atoms with Crippen molar-refractivity contribution in [3.63, 3.8) is 0 Å². The van der Waals surface area contributed by atoms with Crippen LogP contribution in [0.25, 0.3) is 0 Å². The highest BCUT2D eigenvalue weighted by Gasteiger charge is 2.22. The molecule has 0 fully saturated rings. The molecule has 4 heteroatoms. The fourth-order valence-corrected chi connectivity index (χ4v) is 2.02. The Bertz CT molecular complexity index is 440. The minimum absolute atomic E-state index is 0.133. The number of amides is 1. The number of carbonyl (C=O) groups is 1. The summed E-state index contributed by atoms with van der Waals surface area (Å²) in [6.07, 6.45) is 1.26. The fraction of sp³-hybridized carbons (Fsp3) is 0.562. The van der Waals surface area contributed by atoms with Gasteiger partial charge in [-0.2, -0.15) is 0 Å². The molecule has 0 aliphatic carbocycles. The average molecular weight is 278 g/mol. The van der Waals surface area contributed by atoms with Crippen LogP contribution in [0.2, 0.25) is 0 Å². The summed E-state index contributed by atoms with van der Waals surface area (Å²) >= 11 is 0. The van der Waals surface area contributed by atoms with Crippen molar-refractivity contribution >= 4 is 5.91 Å². The molecule has 112 valence electrons. The van der Waals surface area contributed by atoms with Crippen molar-refractivity contribution < 1.29 is 9.90 Å². The summed E-state index contributed by atoms with van der Waals surface area (Å²) in [5, 5.41) is 13.0. The van der Waals surface area contributed by atoms with Crippen LogP contribution < -0.4 is 5.32 Å². The first-order chi connectivity index (χ1) is 9.40. The van der Waals surface area contributed by atoms with Crippen LogP contribution in [0.4, 0.5) is 0 Å². The summed E-state index contributed by atoms with van der Waals surface area (Å²) in [4.78, 5) is 14.2. The van der Waals surface area contributed by atoms with E-state index in [1.807, 2.05) is 46.1 Å². The van der Waals surface area contributed by atoms with Crippen molar-refractivity contribution in [3.05, 3.63) is 35.4 Å². The predicted molar refractivity (Wildman–Crippen MR) is 81.7 cm³/mol. The van der Waals surface area contributed by atoms with Crippen LogP contribution in [-0.2, 0) is 6.54 Å². The molecule has 0 bridgehead atoms. The number of hydrogen-bond acceptors (Lipinski definition) is 3. The Morgan fingerprint density at radius 1 is 1.30 bits per heavy atom. The second-order valence-electron chi connectivity index (χ2n) is 5.55. The molecule has 0 saturated heterocycles. The first kappa shape index (κ1) is 16.7. The molecule has 0 aliphatic heterocycles. The Morgan fingerprint density at radius 3 is 2.50 bits per heavy atom. The van der Waals surface area contributed by atoms with Crippen LogP contribution in [0.15, 0.2) is 24.3 Å². The second kappa shape index (κ2) is 7.41. The summed E-state index contributed by atoms with van der Waals surface area (Å²) in [7, 11) is 3.99. The van der Waals surface area contributed by atoms with E-state index in [-0.39, 0.29) is 12.5 Å². The van der Waals surface area contributed by atoms with E-state index in [0.717, 1.165) is 12.1 Å². The predicted octanol–water partition coefficient (Wildman–Crippen LogP) is 2.03. The number of benzene rings is 1. The molecule has 0 saturated carbocycles. The van der Waals surface area contributed by atoms with Gasteiger partial charge in [-0.05, 0) is 44.6 Å². The Kier molecular flexibility index (Phi) is 6.17. The zero-order valence-electron chi connectivity index (χ0n) is 12.9. The molecular formula is C16H26N2O2. The Labute approximate surface area is 121 Å². The molecule has 0 spiro atoms. The summed E-state index contributed by atoms with van der Waals surface area (Å²) in [5.41, 5.74) is 0.930. The number of nitrogens with one attached hydrogen (secondary N) is 1. The molecule has 0 unspecified atom stereocenters. The third-order valence-corrected chi connectivity index (χ3v) is 3.58. The lowest BCUT2D eigenvalue weighted by Crippen LogP contribution is -2.42. The normalized spacial score (nSPS) is 11.7. The molecule has 2 N–H and O–H groups in total. The average Bonchev–Trinajstić information content (AvgIpc) is 2.44. The molecule has 0 radical (unpaired) electrons. The lowest BCUT2D eigenvalue weighted by atomic mass is 9.97. The second-order valence-corrected chi connectivity index (χ2v) is 5.55. The summed E-state index contributed by atoms with van der Waals surface area (Å²) in [6, 6.07) is 7.59. The molecule has 20 heavy (non-hydrogen) atoms. The van der Waals surface area contributed by atoms with Crippen molar-refractivity contribution in [2.45, 2.75) is 38.8 Å². The number of hydrogen-bond donors (Lipinski definition) is 2. The van der Waals surface area contributed by atoms with E-state index in [1.54, 1.807) is 6.07 Å². The van der Waals surface area contributed by atoms with Crippen LogP contribution in [0, 0.1) is 0 Å². The van der Waals surface area contributed by atoms with E-state index in [4.69, 9.17) is 0 Å². The molecule has 4 nitrogen and oxygen atoms in total. The summed E-state index contributed by atoms with van der Waals surface area (Å²) in [5.74, 6) is -0.133. The SMILES string of the molecule is CCC(O)(CC)CNC(=O)c1cccc(CN(C)C)c1. The molecule has 1 aromatic carbocycles. The highest BCUT2D eigenvalue weighted by molar-refractivity contribution is 5.94. The zero-order chi connectivity index (χ0) is 15.2. The molecule has 0 aromatic heterocycles. The van der Waals surface area contributed by atoms with Crippen LogP contribution in [-0.4, -0.2) is 42.2 Å². The van der Waals surface area contributed by atoms with E-state index >= 15 is 0 Å². The topological polar surface area (TPSA) is 52.6 Å². The third kappa shape index (κ3) is 4.94. The highest BCUT2D eigenvalue weighted by atomic mass is 16.3. The van der Waals surface area contributed by atoms with Crippen molar-refractivity contribution in [2.24, 2.45) is 0 Å². The van der Waals surface area contributed by atoms with Crippen molar-refractivity contribution in [3.8, 4) is 0 Å². The van der Waals surface area contributed by atoms with E-state index in [1.165, 1.54) is 0 Å². The first-order valence-electron chi connectivity index (χ1n) is 7.14. The summed E-state index contributed by atoms with van der Waals surface area (Å²) < 4.78 is 0. The lowest BCUT2D eigenvalue weighted by Gasteiger charge is -2.25.